The van der Waals surface area contributed by atoms with Gasteiger partial charge in [0.15, 0.2) is 0 Å². The first-order chi connectivity index (χ1) is 11.8. The Morgan fingerprint density at radius 1 is 0.625 bits per heavy atom. The summed E-state index contributed by atoms with van der Waals surface area (Å²) in [5.74, 6) is 0. The molecule has 144 valence electrons. The van der Waals surface area contributed by atoms with E-state index in [1.807, 2.05) is 0 Å². The lowest BCUT2D eigenvalue weighted by Crippen LogP contribution is -2.26. The predicted octanol–water partition coefficient (Wildman–Crippen LogP) is 4.78. The van der Waals surface area contributed by atoms with Crippen molar-refractivity contribution in [1.29, 1.82) is 0 Å². The minimum absolute atomic E-state index is 0.205. The number of hydrogen-bond acceptors (Lipinski definition) is 4. The van der Waals surface area contributed by atoms with Crippen LogP contribution in [0.15, 0.2) is 0 Å². The Morgan fingerprint density at radius 2 is 1.00 bits per heavy atom. The molecule has 3 N–H and O–H groups in total. The van der Waals surface area contributed by atoms with Crippen LogP contribution >= 0.6 is 0 Å². The molecule has 4 nitrogen and oxygen atoms in total. The molecular weight excluding hydrogens is 301 g/mol. The molecule has 0 spiro atoms. The topological polar surface area (TPSA) is 61.7 Å². The smallest absolute Gasteiger partial charge is 0.402 e. The van der Waals surface area contributed by atoms with Gasteiger partial charge >= 0.3 is 7.32 Å². The highest BCUT2D eigenvalue weighted by Gasteiger charge is 2.05. The maximum Gasteiger partial charge on any atom is 0.634 e. The first-order valence-electron chi connectivity index (χ1n) is 10.5. The van der Waals surface area contributed by atoms with Gasteiger partial charge in [0.1, 0.15) is 0 Å². The minimum atomic E-state index is -1.66. The van der Waals surface area contributed by atoms with Gasteiger partial charge in [0.2, 0.25) is 0 Å². The van der Waals surface area contributed by atoms with E-state index in [0.29, 0.717) is 0 Å². The lowest BCUT2D eigenvalue weighted by molar-refractivity contribution is 0.171. The summed E-state index contributed by atoms with van der Waals surface area (Å²) in [7, 11) is -1.66. The summed E-state index contributed by atoms with van der Waals surface area (Å²) in [5.41, 5.74) is 0. The van der Waals surface area contributed by atoms with Crippen molar-refractivity contribution in [2.75, 3.05) is 13.3 Å². The van der Waals surface area contributed by atoms with E-state index >= 15 is 0 Å². The number of nitrogens with one attached hydrogen (secondary N) is 1. The second kappa shape index (κ2) is 20.9. The van der Waals surface area contributed by atoms with Gasteiger partial charge in [-0.3, -0.25) is 5.32 Å². The first-order valence-corrected chi connectivity index (χ1v) is 10.5. The molecule has 0 amide bonds. The molecule has 0 saturated heterocycles. The van der Waals surface area contributed by atoms with Crippen molar-refractivity contribution in [3.63, 3.8) is 0 Å². The summed E-state index contributed by atoms with van der Waals surface area (Å²) < 4.78 is 4.57. The normalized spacial score (nSPS) is 11.1. The minimum Gasteiger partial charge on any atom is -0.402 e. The Balaban J connectivity index is 2.95. The van der Waals surface area contributed by atoms with E-state index in [4.69, 9.17) is 10.0 Å². The molecule has 0 unspecified atom stereocenters. The highest BCUT2D eigenvalue weighted by Crippen LogP contribution is 2.13. The third kappa shape index (κ3) is 21.9. The zero-order chi connectivity index (χ0) is 17.7. The number of rotatable bonds is 20. The molecule has 0 heterocycles. The van der Waals surface area contributed by atoms with Gasteiger partial charge in [0.25, 0.3) is 0 Å². The van der Waals surface area contributed by atoms with Gasteiger partial charge in [0, 0.05) is 0 Å². The Hall–Kier alpha value is -0.0951. The summed E-state index contributed by atoms with van der Waals surface area (Å²) in [4.78, 5) is 0. The molecule has 5 heteroatoms. The van der Waals surface area contributed by atoms with Gasteiger partial charge in [0.05, 0.1) is 6.73 Å². The van der Waals surface area contributed by atoms with Crippen LogP contribution in [-0.2, 0) is 4.65 Å². The molecule has 0 aliphatic carbocycles. The van der Waals surface area contributed by atoms with Crippen LogP contribution in [-0.4, -0.2) is 30.6 Å². The molecule has 0 saturated carbocycles. The van der Waals surface area contributed by atoms with Crippen LogP contribution in [0.25, 0.3) is 0 Å². The van der Waals surface area contributed by atoms with Crippen molar-refractivity contribution < 1.29 is 14.7 Å². The first kappa shape index (κ1) is 23.9. The largest absolute Gasteiger partial charge is 0.634 e. The monoisotopic (exact) mass is 343 g/mol. The molecule has 0 aliphatic rings. The maximum absolute atomic E-state index is 8.49. The van der Waals surface area contributed by atoms with E-state index in [9.17, 15) is 0 Å². The Kier molecular flexibility index (Phi) is 20.9. The van der Waals surface area contributed by atoms with Crippen molar-refractivity contribution in [1.82, 2.24) is 5.32 Å². The Morgan fingerprint density at radius 3 is 1.38 bits per heavy atom. The molecular formula is C19H42BNO3. The summed E-state index contributed by atoms with van der Waals surface area (Å²) in [6.07, 6.45) is 22.1. The van der Waals surface area contributed by atoms with Gasteiger partial charge in [-0.05, 0) is 13.0 Å². The third-order valence-corrected chi connectivity index (χ3v) is 4.54. The standard InChI is InChI=1S/C19H42BNO3/c1-2-3-4-5-6-7-8-9-10-11-12-13-14-15-16-17-18-21-19-24-20(22)23/h21-23H,2-19H2,1H3. The molecule has 0 rings (SSSR count). The van der Waals surface area contributed by atoms with E-state index in [0.717, 1.165) is 13.0 Å². The van der Waals surface area contributed by atoms with Crippen LogP contribution < -0.4 is 5.32 Å². The second-order valence-corrected chi connectivity index (χ2v) is 6.94. The fraction of sp³-hybridized carbons (Fsp3) is 1.00. The van der Waals surface area contributed by atoms with Crippen molar-refractivity contribution in [3.8, 4) is 0 Å². The summed E-state index contributed by atoms with van der Waals surface area (Å²) in [6, 6.07) is 0. The zero-order valence-corrected chi connectivity index (χ0v) is 16.1. The van der Waals surface area contributed by atoms with Gasteiger partial charge < -0.3 is 14.7 Å². The Bertz CT molecular complexity index is 231. The summed E-state index contributed by atoms with van der Waals surface area (Å²) in [6.45, 7) is 3.36. The third-order valence-electron chi connectivity index (χ3n) is 4.54. The lowest BCUT2D eigenvalue weighted by Gasteiger charge is -2.05. The second-order valence-electron chi connectivity index (χ2n) is 6.94. The van der Waals surface area contributed by atoms with Gasteiger partial charge in [-0.1, -0.05) is 103 Å². The molecule has 24 heavy (non-hydrogen) atoms. The Labute approximate surface area is 150 Å². The fourth-order valence-electron chi connectivity index (χ4n) is 3.00. The molecule has 0 aromatic rings. The van der Waals surface area contributed by atoms with Crippen LogP contribution in [0, 0.1) is 0 Å². The molecule has 0 atom stereocenters. The molecule has 0 fully saturated rings. The van der Waals surface area contributed by atoms with Crippen molar-refractivity contribution in [3.05, 3.63) is 0 Å². The molecule has 0 radical (unpaired) electrons. The van der Waals surface area contributed by atoms with Gasteiger partial charge in [-0.15, -0.1) is 0 Å². The fourth-order valence-corrected chi connectivity index (χ4v) is 3.00. The summed E-state index contributed by atoms with van der Waals surface area (Å²) >= 11 is 0. The van der Waals surface area contributed by atoms with Crippen molar-refractivity contribution in [2.45, 2.75) is 110 Å². The molecule has 0 aromatic carbocycles. The van der Waals surface area contributed by atoms with Crippen LogP contribution in [0.2, 0.25) is 0 Å². The van der Waals surface area contributed by atoms with E-state index in [1.165, 1.54) is 96.3 Å². The lowest BCUT2D eigenvalue weighted by atomic mass is 10.0. The SMILES string of the molecule is CCCCCCCCCCCCCCCCCCNCOB(O)O. The van der Waals surface area contributed by atoms with E-state index in [2.05, 4.69) is 16.9 Å². The molecule has 0 aliphatic heterocycles. The van der Waals surface area contributed by atoms with Crippen molar-refractivity contribution in [2.24, 2.45) is 0 Å². The van der Waals surface area contributed by atoms with Crippen LogP contribution in [0.3, 0.4) is 0 Å². The summed E-state index contributed by atoms with van der Waals surface area (Å²) in [5, 5.41) is 20.0. The van der Waals surface area contributed by atoms with Crippen LogP contribution in [0.5, 0.6) is 0 Å². The quantitative estimate of drug-likeness (QED) is 0.169. The van der Waals surface area contributed by atoms with E-state index in [-0.39, 0.29) is 6.73 Å². The maximum atomic E-state index is 8.49. The van der Waals surface area contributed by atoms with Gasteiger partial charge in [-0.2, -0.15) is 0 Å². The highest BCUT2D eigenvalue weighted by molar-refractivity contribution is 6.32. The zero-order valence-electron chi connectivity index (χ0n) is 16.1. The van der Waals surface area contributed by atoms with Crippen molar-refractivity contribution >= 4 is 7.32 Å². The number of hydrogen-bond donors (Lipinski definition) is 3. The van der Waals surface area contributed by atoms with Gasteiger partial charge in [-0.25, -0.2) is 0 Å². The highest BCUT2D eigenvalue weighted by atomic mass is 16.6. The average Bonchev–Trinajstić information content (AvgIpc) is 2.56. The average molecular weight is 343 g/mol. The predicted molar refractivity (Wildman–Crippen MR) is 104 cm³/mol. The van der Waals surface area contributed by atoms with Crippen LogP contribution in [0.4, 0.5) is 0 Å². The number of unbranched alkanes of at least 4 members (excludes halogenated alkanes) is 15. The van der Waals surface area contributed by atoms with E-state index in [1.54, 1.807) is 0 Å². The van der Waals surface area contributed by atoms with E-state index < -0.39 is 7.32 Å². The van der Waals surface area contributed by atoms with Crippen LogP contribution in [0.1, 0.15) is 110 Å². The molecule has 0 aromatic heterocycles. The molecule has 0 bridgehead atoms.